The van der Waals surface area contributed by atoms with Crippen molar-refractivity contribution in [1.82, 2.24) is 9.55 Å². The number of aryl methyl sites for hydroxylation is 2. The van der Waals surface area contributed by atoms with Crippen molar-refractivity contribution in [3.8, 4) is 6.07 Å². The molecule has 0 fully saturated rings. The lowest BCUT2D eigenvalue weighted by Gasteiger charge is -2.10. The summed E-state index contributed by atoms with van der Waals surface area (Å²) in [6.45, 7) is 5.06. The molecule has 0 aliphatic heterocycles. The average Bonchev–Trinajstić information content (AvgIpc) is 2.80. The van der Waals surface area contributed by atoms with Crippen LogP contribution in [0.4, 0.5) is 0 Å². The maximum atomic E-state index is 8.94. The molecule has 1 aromatic carbocycles. The standard InChI is InChI=1S/C15H19N3O/c1-4-18-14-7-6-12(10-16)9-13(14)17-15(18)8-5-11(2)19-3/h6-7,9,11H,4-5,8H2,1-3H3. The molecule has 2 rings (SSSR count). The molecule has 1 atom stereocenters. The first kappa shape index (κ1) is 13.6. The first-order chi connectivity index (χ1) is 9.19. The van der Waals surface area contributed by atoms with Crippen LogP contribution in [0.25, 0.3) is 11.0 Å². The number of benzene rings is 1. The minimum atomic E-state index is 0.236. The van der Waals surface area contributed by atoms with E-state index in [0.717, 1.165) is 36.2 Å². The quantitative estimate of drug-likeness (QED) is 0.827. The zero-order valence-corrected chi connectivity index (χ0v) is 11.7. The second-order valence-corrected chi connectivity index (χ2v) is 4.67. The van der Waals surface area contributed by atoms with Crippen LogP contribution in [0.5, 0.6) is 0 Å². The van der Waals surface area contributed by atoms with Gasteiger partial charge in [-0.3, -0.25) is 0 Å². The monoisotopic (exact) mass is 257 g/mol. The second-order valence-electron chi connectivity index (χ2n) is 4.67. The van der Waals surface area contributed by atoms with Gasteiger partial charge in [0.1, 0.15) is 5.82 Å². The van der Waals surface area contributed by atoms with Gasteiger partial charge in [-0.2, -0.15) is 5.26 Å². The molecule has 1 unspecified atom stereocenters. The Labute approximate surface area is 113 Å². The maximum Gasteiger partial charge on any atom is 0.109 e. The Morgan fingerprint density at radius 3 is 2.89 bits per heavy atom. The Morgan fingerprint density at radius 1 is 1.47 bits per heavy atom. The van der Waals surface area contributed by atoms with Crippen LogP contribution in [0.15, 0.2) is 18.2 Å². The Bertz CT molecular complexity index is 610. The molecule has 0 saturated carbocycles. The van der Waals surface area contributed by atoms with E-state index in [-0.39, 0.29) is 6.10 Å². The van der Waals surface area contributed by atoms with E-state index in [2.05, 4.69) is 29.5 Å². The minimum absolute atomic E-state index is 0.236. The van der Waals surface area contributed by atoms with Crippen LogP contribution in [0, 0.1) is 11.3 Å². The van der Waals surface area contributed by atoms with E-state index in [1.807, 2.05) is 18.2 Å². The van der Waals surface area contributed by atoms with E-state index in [4.69, 9.17) is 10.00 Å². The summed E-state index contributed by atoms with van der Waals surface area (Å²) >= 11 is 0. The molecule has 2 aromatic rings. The molecule has 0 bridgehead atoms. The van der Waals surface area contributed by atoms with Crippen molar-refractivity contribution >= 4 is 11.0 Å². The Hall–Kier alpha value is -1.86. The third-order valence-corrected chi connectivity index (χ3v) is 3.45. The van der Waals surface area contributed by atoms with E-state index >= 15 is 0 Å². The molecular weight excluding hydrogens is 238 g/mol. The predicted molar refractivity (Wildman–Crippen MR) is 74.9 cm³/mol. The number of imidazole rings is 1. The molecular formula is C15H19N3O. The van der Waals surface area contributed by atoms with Crippen LogP contribution < -0.4 is 0 Å². The normalized spacial score (nSPS) is 12.5. The molecule has 1 aromatic heterocycles. The van der Waals surface area contributed by atoms with Crippen LogP contribution in [-0.2, 0) is 17.7 Å². The Morgan fingerprint density at radius 2 is 2.26 bits per heavy atom. The highest BCUT2D eigenvalue weighted by Gasteiger charge is 2.11. The van der Waals surface area contributed by atoms with E-state index < -0.39 is 0 Å². The fraction of sp³-hybridized carbons (Fsp3) is 0.467. The number of nitrogens with zero attached hydrogens (tertiary/aromatic N) is 3. The number of ether oxygens (including phenoxy) is 1. The van der Waals surface area contributed by atoms with Crippen LogP contribution >= 0.6 is 0 Å². The lowest BCUT2D eigenvalue weighted by Crippen LogP contribution is -2.09. The van der Waals surface area contributed by atoms with Gasteiger partial charge in [-0.25, -0.2) is 4.98 Å². The molecule has 100 valence electrons. The summed E-state index contributed by atoms with van der Waals surface area (Å²) in [5, 5.41) is 8.94. The molecule has 0 aliphatic rings. The lowest BCUT2D eigenvalue weighted by molar-refractivity contribution is 0.110. The molecule has 1 heterocycles. The van der Waals surface area contributed by atoms with Crippen LogP contribution in [0.2, 0.25) is 0 Å². The molecule has 4 heteroatoms. The van der Waals surface area contributed by atoms with Crippen molar-refractivity contribution in [3.63, 3.8) is 0 Å². The van der Waals surface area contributed by atoms with Crippen molar-refractivity contribution in [2.75, 3.05) is 7.11 Å². The highest BCUT2D eigenvalue weighted by Crippen LogP contribution is 2.19. The Kier molecular flexibility index (Phi) is 4.18. The van der Waals surface area contributed by atoms with Crippen molar-refractivity contribution < 1.29 is 4.74 Å². The molecule has 0 amide bonds. The summed E-state index contributed by atoms with van der Waals surface area (Å²) in [6, 6.07) is 7.83. The lowest BCUT2D eigenvalue weighted by atomic mass is 10.2. The number of fused-ring (bicyclic) bond motifs is 1. The molecule has 0 spiro atoms. The van der Waals surface area contributed by atoms with Crippen LogP contribution in [-0.4, -0.2) is 22.8 Å². The molecule has 19 heavy (non-hydrogen) atoms. The largest absolute Gasteiger partial charge is 0.382 e. The van der Waals surface area contributed by atoms with Gasteiger partial charge in [0.2, 0.25) is 0 Å². The van der Waals surface area contributed by atoms with Gasteiger partial charge in [0.15, 0.2) is 0 Å². The topological polar surface area (TPSA) is 50.8 Å². The van der Waals surface area contributed by atoms with Crippen molar-refractivity contribution in [2.24, 2.45) is 0 Å². The highest BCUT2D eigenvalue weighted by atomic mass is 16.5. The van der Waals surface area contributed by atoms with Gasteiger partial charge in [0, 0.05) is 20.1 Å². The van der Waals surface area contributed by atoms with E-state index in [1.54, 1.807) is 7.11 Å². The zero-order chi connectivity index (χ0) is 13.8. The van der Waals surface area contributed by atoms with Gasteiger partial charge in [-0.1, -0.05) is 0 Å². The summed E-state index contributed by atoms with van der Waals surface area (Å²) in [5.74, 6) is 1.07. The highest BCUT2D eigenvalue weighted by molar-refractivity contribution is 5.77. The second kappa shape index (κ2) is 5.85. The van der Waals surface area contributed by atoms with Gasteiger partial charge in [-0.15, -0.1) is 0 Å². The molecule has 0 saturated heterocycles. The fourth-order valence-electron chi connectivity index (χ4n) is 2.24. The SMILES string of the molecule is CCn1c(CCC(C)OC)nc2cc(C#N)ccc21. The van der Waals surface area contributed by atoms with E-state index in [0.29, 0.717) is 5.56 Å². The first-order valence-corrected chi connectivity index (χ1v) is 6.61. The summed E-state index contributed by atoms with van der Waals surface area (Å²) < 4.78 is 7.48. The van der Waals surface area contributed by atoms with Gasteiger partial charge >= 0.3 is 0 Å². The summed E-state index contributed by atoms with van der Waals surface area (Å²) in [6.07, 6.45) is 2.07. The van der Waals surface area contributed by atoms with Crippen LogP contribution in [0.3, 0.4) is 0 Å². The van der Waals surface area contributed by atoms with E-state index in [1.165, 1.54) is 0 Å². The van der Waals surface area contributed by atoms with Gasteiger partial charge < -0.3 is 9.30 Å². The van der Waals surface area contributed by atoms with Gasteiger partial charge in [0.05, 0.1) is 28.8 Å². The van der Waals surface area contributed by atoms with E-state index in [9.17, 15) is 0 Å². The predicted octanol–water partition coefficient (Wildman–Crippen LogP) is 2.90. The number of aromatic nitrogens is 2. The zero-order valence-electron chi connectivity index (χ0n) is 11.7. The smallest absolute Gasteiger partial charge is 0.109 e. The third-order valence-electron chi connectivity index (χ3n) is 3.45. The van der Waals surface area contributed by atoms with Crippen molar-refractivity contribution in [2.45, 2.75) is 39.3 Å². The Balaban J connectivity index is 2.35. The van der Waals surface area contributed by atoms with Gasteiger partial charge in [-0.05, 0) is 38.5 Å². The molecule has 0 aliphatic carbocycles. The first-order valence-electron chi connectivity index (χ1n) is 6.61. The summed E-state index contributed by atoms with van der Waals surface area (Å²) in [7, 11) is 1.73. The van der Waals surface area contributed by atoms with Gasteiger partial charge in [0.25, 0.3) is 0 Å². The number of hydrogen-bond acceptors (Lipinski definition) is 3. The number of rotatable bonds is 5. The molecule has 4 nitrogen and oxygen atoms in total. The van der Waals surface area contributed by atoms with Crippen molar-refractivity contribution in [1.29, 1.82) is 5.26 Å². The number of methoxy groups -OCH3 is 1. The third kappa shape index (κ3) is 2.77. The number of hydrogen-bond donors (Lipinski definition) is 0. The van der Waals surface area contributed by atoms with Crippen LogP contribution in [0.1, 0.15) is 31.7 Å². The minimum Gasteiger partial charge on any atom is -0.382 e. The molecule has 0 N–H and O–H groups in total. The fourth-order valence-corrected chi connectivity index (χ4v) is 2.24. The molecule has 0 radical (unpaired) electrons. The maximum absolute atomic E-state index is 8.94. The number of nitriles is 1. The average molecular weight is 257 g/mol. The summed E-state index contributed by atoms with van der Waals surface area (Å²) in [5.41, 5.74) is 2.66. The van der Waals surface area contributed by atoms with Crippen molar-refractivity contribution in [3.05, 3.63) is 29.6 Å². The summed E-state index contributed by atoms with van der Waals surface area (Å²) in [4.78, 5) is 4.65.